The minimum absolute atomic E-state index is 0.217. The van der Waals surface area contributed by atoms with E-state index in [2.05, 4.69) is 20.8 Å². The first-order valence-electron chi connectivity index (χ1n) is 8.26. The molecular weight excluding hydrogens is 402 g/mol. The van der Waals surface area contributed by atoms with Gasteiger partial charge in [0.25, 0.3) is 0 Å². The molecule has 2 aromatic carbocycles. The number of ether oxygens (including phenoxy) is 2. The molecule has 28 heavy (non-hydrogen) atoms. The molecule has 0 fully saturated rings. The van der Waals surface area contributed by atoms with Crippen LogP contribution in [0.2, 0.25) is 5.02 Å². The van der Waals surface area contributed by atoms with Gasteiger partial charge in [0.15, 0.2) is 0 Å². The number of benzene rings is 2. The second kappa shape index (κ2) is 8.94. The number of rotatable bonds is 7. The fourth-order valence-electron chi connectivity index (χ4n) is 2.37. The molecule has 0 radical (unpaired) electrons. The van der Waals surface area contributed by atoms with Gasteiger partial charge in [0.1, 0.15) is 17.2 Å². The van der Waals surface area contributed by atoms with Gasteiger partial charge in [-0.2, -0.15) is 4.68 Å². The average molecular weight is 420 g/mol. The van der Waals surface area contributed by atoms with Crippen LogP contribution in [0.15, 0.2) is 47.6 Å². The Morgan fingerprint density at radius 3 is 2.71 bits per heavy atom. The topological polar surface area (TPSA) is 91.2 Å². The summed E-state index contributed by atoms with van der Waals surface area (Å²) in [4.78, 5) is 12.5. The van der Waals surface area contributed by atoms with Crippen LogP contribution in [-0.4, -0.2) is 45.6 Å². The van der Waals surface area contributed by atoms with Crippen molar-refractivity contribution in [3.05, 3.63) is 47.5 Å². The lowest BCUT2D eigenvalue weighted by Gasteiger charge is -2.14. The van der Waals surface area contributed by atoms with E-state index in [0.717, 1.165) is 0 Å². The van der Waals surface area contributed by atoms with Crippen LogP contribution >= 0.6 is 23.4 Å². The fourth-order valence-corrected chi connectivity index (χ4v) is 3.36. The number of amides is 1. The fraction of sp³-hybridized carbons (Fsp3) is 0.222. The Bertz CT molecular complexity index is 981. The van der Waals surface area contributed by atoms with Crippen LogP contribution in [0, 0.1) is 0 Å². The molecule has 1 unspecified atom stereocenters. The molecule has 1 heterocycles. The number of tetrazole rings is 1. The van der Waals surface area contributed by atoms with Gasteiger partial charge in [-0.3, -0.25) is 4.79 Å². The molecule has 0 saturated heterocycles. The van der Waals surface area contributed by atoms with E-state index >= 15 is 0 Å². The Morgan fingerprint density at radius 2 is 2.00 bits per heavy atom. The van der Waals surface area contributed by atoms with E-state index in [1.807, 2.05) is 0 Å². The van der Waals surface area contributed by atoms with Gasteiger partial charge in [-0.25, -0.2) is 0 Å². The first-order valence-corrected chi connectivity index (χ1v) is 9.52. The molecule has 1 atom stereocenters. The van der Waals surface area contributed by atoms with E-state index in [0.29, 0.717) is 33.1 Å². The summed E-state index contributed by atoms with van der Waals surface area (Å²) in [6, 6.07) is 12.3. The van der Waals surface area contributed by atoms with E-state index in [-0.39, 0.29) is 5.91 Å². The smallest absolute Gasteiger partial charge is 0.237 e. The number of para-hydroxylation sites is 1. The van der Waals surface area contributed by atoms with Crippen LogP contribution < -0.4 is 14.8 Å². The standard InChI is InChI=1S/C18H18ClN5O3S/c1-11(17(25)20-14-7-5-4-6-13(14)19)28-18-21-22-23-24(18)15-10-12(26-2)8-9-16(15)27-3/h4-11H,1-3H3,(H,20,25). The van der Waals surface area contributed by atoms with Crippen molar-refractivity contribution < 1.29 is 14.3 Å². The summed E-state index contributed by atoms with van der Waals surface area (Å²) in [7, 11) is 3.13. The third-order valence-corrected chi connectivity index (χ3v) is 5.20. The number of halogens is 1. The van der Waals surface area contributed by atoms with Crippen LogP contribution in [0.3, 0.4) is 0 Å². The summed E-state index contributed by atoms with van der Waals surface area (Å²) >= 11 is 7.31. The molecule has 3 rings (SSSR count). The quantitative estimate of drug-likeness (QED) is 0.586. The number of methoxy groups -OCH3 is 2. The first-order chi connectivity index (χ1) is 13.5. The van der Waals surface area contributed by atoms with Gasteiger partial charge < -0.3 is 14.8 Å². The van der Waals surface area contributed by atoms with E-state index in [1.165, 1.54) is 16.4 Å². The van der Waals surface area contributed by atoms with E-state index in [4.69, 9.17) is 21.1 Å². The van der Waals surface area contributed by atoms with Gasteiger partial charge in [0.05, 0.1) is 30.2 Å². The molecule has 1 amide bonds. The van der Waals surface area contributed by atoms with Crippen molar-refractivity contribution in [1.29, 1.82) is 0 Å². The first kappa shape index (κ1) is 20.0. The number of nitrogens with one attached hydrogen (secondary N) is 1. The van der Waals surface area contributed by atoms with Crippen molar-refractivity contribution in [3.8, 4) is 17.2 Å². The lowest BCUT2D eigenvalue weighted by atomic mass is 10.3. The van der Waals surface area contributed by atoms with Crippen molar-refractivity contribution in [1.82, 2.24) is 20.2 Å². The third-order valence-electron chi connectivity index (χ3n) is 3.84. The molecule has 0 aliphatic heterocycles. The molecule has 0 aliphatic rings. The van der Waals surface area contributed by atoms with Crippen molar-refractivity contribution in [3.63, 3.8) is 0 Å². The van der Waals surface area contributed by atoms with Gasteiger partial charge in [0.2, 0.25) is 11.1 Å². The highest BCUT2D eigenvalue weighted by atomic mass is 35.5. The summed E-state index contributed by atoms with van der Waals surface area (Å²) in [5.74, 6) is 0.986. The van der Waals surface area contributed by atoms with Crippen molar-refractivity contribution in [2.75, 3.05) is 19.5 Å². The maximum Gasteiger partial charge on any atom is 0.237 e. The maximum absolute atomic E-state index is 12.5. The summed E-state index contributed by atoms with van der Waals surface area (Å²) in [6.07, 6.45) is 0. The predicted octanol–water partition coefficient (Wildman–Crippen LogP) is 3.45. The molecule has 8 nitrogen and oxygen atoms in total. The summed E-state index contributed by atoms with van der Waals surface area (Å²) < 4.78 is 12.2. The zero-order chi connectivity index (χ0) is 20.1. The van der Waals surface area contributed by atoms with Crippen LogP contribution in [-0.2, 0) is 4.79 Å². The Balaban J connectivity index is 1.81. The number of carbonyl (C=O) groups is 1. The SMILES string of the molecule is COc1ccc(OC)c(-n2nnnc2SC(C)C(=O)Nc2ccccc2Cl)c1. The predicted molar refractivity (Wildman–Crippen MR) is 108 cm³/mol. The minimum atomic E-state index is -0.474. The highest BCUT2D eigenvalue weighted by Crippen LogP contribution is 2.31. The lowest BCUT2D eigenvalue weighted by molar-refractivity contribution is -0.115. The molecule has 146 valence electrons. The number of nitrogens with zero attached hydrogens (tertiary/aromatic N) is 4. The molecule has 0 saturated carbocycles. The van der Waals surface area contributed by atoms with Gasteiger partial charge >= 0.3 is 0 Å². The average Bonchev–Trinajstić information content (AvgIpc) is 3.17. The number of carbonyl (C=O) groups excluding carboxylic acids is 1. The molecule has 10 heteroatoms. The van der Waals surface area contributed by atoms with Crippen LogP contribution in [0.5, 0.6) is 11.5 Å². The number of anilines is 1. The van der Waals surface area contributed by atoms with Gasteiger partial charge in [-0.1, -0.05) is 35.5 Å². The number of thioether (sulfide) groups is 1. The highest BCUT2D eigenvalue weighted by Gasteiger charge is 2.21. The second-order valence-electron chi connectivity index (χ2n) is 5.64. The normalized spacial score (nSPS) is 11.7. The lowest BCUT2D eigenvalue weighted by Crippen LogP contribution is -2.23. The highest BCUT2D eigenvalue weighted by molar-refractivity contribution is 8.00. The summed E-state index contributed by atoms with van der Waals surface area (Å²) in [5, 5.41) is 15.0. The number of hydrogen-bond acceptors (Lipinski definition) is 7. The molecule has 0 bridgehead atoms. The molecule has 1 N–H and O–H groups in total. The van der Waals surface area contributed by atoms with Crippen LogP contribution in [0.1, 0.15) is 6.92 Å². The van der Waals surface area contributed by atoms with Gasteiger partial charge in [-0.15, -0.1) is 5.10 Å². The zero-order valence-electron chi connectivity index (χ0n) is 15.4. The minimum Gasteiger partial charge on any atom is -0.497 e. The Morgan fingerprint density at radius 1 is 1.21 bits per heavy atom. The van der Waals surface area contributed by atoms with E-state index in [9.17, 15) is 4.79 Å². The summed E-state index contributed by atoms with van der Waals surface area (Å²) in [6.45, 7) is 1.76. The number of hydrogen-bond donors (Lipinski definition) is 1. The second-order valence-corrected chi connectivity index (χ2v) is 7.36. The van der Waals surface area contributed by atoms with Crippen LogP contribution in [0.4, 0.5) is 5.69 Å². The van der Waals surface area contributed by atoms with Crippen molar-refractivity contribution >= 4 is 35.0 Å². The Labute approximate surface area is 171 Å². The van der Waals surface area contributed by atoms with Crippen molar-refractivity contribution in [2.45, 2.75) is 17.3 Å². The van der Waals surface area contributed by atoms with Gasteiger partial charge in [0, 0.05) is 6.07 Å². The van der Waals surface area contributed by atoms with Gasteiger partial charge in [-0.05, 0) is 41.6 Å². The van der Waals surface area contributed by atoms with E-state index in [1.54, 1.807) is 63.6 Å². The largest absolute Gasteiger partial charge is 0.497 e. The monoisotopic (exact) mass is 419 g/mol. The Kier molecular flexibility index (Phi) is 6.37. The molecule has 0 spiro atoms. The van der Waals surface area contributed by atoms with Crippen molar-refractivity contribution in [2.24, 2.45) is 0 Å². The Hall–Kier alpha value is -2.78. The van der Waals surface area contributed by atoms with E-state index < -0.39 is 5.25 Å². The third kappa shape index (κ3) is 4.37. The number of aromatic nitrogens is 4. The molecule has 0 aliphatic carbocycles. The zero-order valence-corrected chi connectivity index (χ0v) is 17.0. The molecule has 3 aromatic rings. The molecule has 1 aromatic heterocycles. The molecular formula is C18H18ClN5O3S. The summed E-state index contributed by atoms with van der Waals surface area (Å²) in [5.41, 5.74) is 1.16. The van der Waals surface area contributed by atoms with Crippen LogP contribution in [0.25, 0.3) is 5.69 Å². The maximum atomic E-state index is 12.5.